The maximum Gasteiger partial charge on any atom is 0.256 e. The summed E-state index contributed by atoms with van der Waals surface area (Å²) in [7, 11) is -3.34. The molecule has 3 rings (SSSR count). The molecule has 3 aromatic rings. The zero-order chi connectivity index (χ0) is 21.9. The van der Waals surface area contributed by atoms with Gasteiger partial charge in [0.15, 0.2) is 11.5 Å². The molecule has 0 fully saturated rings. The summed E-state index contributed by atoms with van der Waals surface area (Å²) < 4.78 is 40.1. The van der Waals surface area contributed by atoms with Crippen LogP contribution in [0.15, 0.2) is 30.7 Å². The number of aromatic nitrogens is 4. The summed E-state index contributed by atoms with van der Waals surface area (Å²) in [5, 5.41) is 10.2. The van der Waals surface area contributed by atoms with Gasteiger partial charge in [-0.3, -0.25) is 9.78 Å². The van der Waals surface area contributed by atoms with E-state index in [1.807, 2.05) is 13.8 Å². The number of nitrogens with zero attached hydrogens (tertiary/aromatic N) is 4. The number of hydrogen-bond acceptors (Lipinski definition) is 7. The van der Waals surface area contributed by atoms with Gasteiger partial charge >= 0.3 is 0 Å². The van der Waals surface area contributed by atoms with Crippen molar-refractivity contribution in [2.45, 2.75) is 19.9 Å². The molecule has 1 amide bonds. The molecule has 12 heteroatoms. The Morgan fingerprint density at radius 1 is 1.27 bits per heavy atom. The normalized spacial score (nSPS) is 11.8. The Kier molecular flexibility index (Phi) is 6.27. The summed E-state index contributed by atoms with van der Waals surface area (Å²) in [5.41, 5.74) is 1.27. The van der Waals surface area contributed by atoms with Gasteiger partial charge in [-0.15, -0.1) is 0 Å². The van der Waals surface area contributed by atoms with Crippen LogP contribution in [0.3, 0.4) is 0 Å². The van der Waals surface area contributed by atoms with Gasteiger partial charge in [0.1, 0.15) is 11.4 Å². The highest BCUT2D eigenvalue weighted by atomic mass is 32.2. The maximum atomic E-state index is 14.1. The summed E-state index contributed by atoms with van der Waals surface area (Å²) in [6.07, 6.45) is 5.00. The Morgan fingerprint density at radius 3 is 2.70 bits per heavy atom. The van der Waals surface area contributed by atoms with E-state index >= 15 is 0 Å². The predicted molar refractivity (Wildman–Crippen MR) is 110 cm³/mol. The largest absolute Gasteiger partial charge is 0.367 e. The number of hydrogen-bond donors (Lipinski definition) is 3. The first-order chi connectivity index (χ1) is 14.2. The fourth-order valence-corrected chi connectivity index (χ4v) is 3.21. The van der Waals surface area contributed by atoms with E-state index in [9.17, 15) is 17.6 Å². The van der Waals surface area contributed by atoms with Crippen LogP contribution in [-0.2, 0) is 10.0 Å². The molecular formula is C18H22FN7O3S. The molecule has 0 saturated heterocycles. The summed E-state index contributed by atoms with van der Waals surface area (Å²) >= 11 is 0. The van der Waals surface area contributed by atoms with Crippen molar-refractivity contribution in [3.8, 4) is 11.3 Å². The monoisotopic (exact) mass is 435 g/mol. The molecule has 10 nitrogen and oxygen atoms in total. The van der Waals surface area contributed by atoms with Crippen molar-refractivity contribution < 1.29 is 17.6 Å². The van der Waals surface area contributed by atoms with Gasteiger partial charge in [0, 0.05) is 43.2 Å². The van der Waals surface area contributed by atoms with Gasteiger partial charge in [-0.05, 0) is 19.9 Å². The van der Waals surface area contributed by atoms with E-state index in [0.29, 0.717) is 17.2 Å². The molecule has 3 N–H and O–H groups in total. The van der Waals surface area contributed by atoms with Gasteiger partial charge < -0.3 is 10.6 Å². The number of sulfonamides is 1. The summed E-state index contributed by atoms with van der Waals surface area (Å²) in [5.74, 6) is -0.574. The Labute approximate surface area is 173 Å². The number of carbonyl (C=O) groups is 1. The lowest BCUT2D eigenvalue weighted by atomic mass is 10.2. The topological polar surface area (TPSA) is 130 Å². The molecule has 0 aromatic carbocycles. The van der Waals surface area contributed by atoms with Crippen molar-refractivity contribution >= 4 is 27.4 Å². The average Bonchev–Trinajstić information content (AvgIpc) is 3.09. The molecule has 0 bridgehead atoms. The van der Waals surface area contributed by atoms with E-state index in [1.165, 1.54) is 23.0 Å². The van der Waals surface area contributed by atoms with Crippen LogP contribution in [0, 0.1) is 5.82 Å². The minimum absolute atomic E-state index is 0.0284. The van der Waals surface area contributed by atoms with Gasteiger partial charge in [-0.25, -0.2) is 22.5 Å². The van der Waals surface area contributed by atoms with E-state index in [-0.39, 0.29) is 30.3 Å². The maximum absolute atomic E-state index is 14.1. The van der Waals surface area contributed by atoms with Crippen LogP contribution in [0.25, 0.3) is 16.9 Å². The molecule has 0 unspecified atom stereocenters. The van der Waals surface area contributed by atoms with Crippen molar-refractivity contribution in [3.05, 3.63) is 42.1 Å². The standard InChI is InChI=1S/C18H22FN7O3S/c1-11(2)24-17-13(18(27)21-6-7-23-30(3,28)29)9-22-16-8-15(25-26(16)17)12-4-5-20-10-14(12)19/h4-5,8-11,23-24H,6-7H2,1-3H3,(H,21,27). The Balaban J connectivity index is 1.94. The van der Waals surface area contributed by atoms with Crippen molar-refractivity contribution in [2.75, 3.05) is 24.7 Å². The van der Waals surface area contributed by atoms with E-state index in [2.05, 4.69) is 30.4 Å². The second-order valence-electron chi connectivity index (χ2n) is 6.90. The number of nitrogens with one attached hydrogen (secondary N) is 3. The van der Waals surface area contributed by atoms with Gasteiger partial charge in [0.05, 0.1) is 18.1 Å². The quantitative estimate of drug-likeness (QED) is 0.451. The first-order valence-corrected chi connectivity index (χ1v) is 11.0. The SMILES string of the molecule is CC(C)Nc1c(C(=O)NCCNS(C)(=O)=O)cnc2cc(-c3ccncc3F)nn12. The smallest absolute Gasteiger partial charge is 0.256 e. The van der Waals surface area contributed by atoms with E-state index in [4.69, 9.17) is 0 Å². The fraction of sp³-hybridized carbons (Fsp3) is 0.333. The number of rotatable bonds is 8. The van der Waals surface area contributed by atoms with Crippen LogP contribution in [-0.4, -0.2) is 59.3 Å². The lowest BCUT2D eigenvalue weighted by Crippen LogP contribution is -2.35. The van der Waals surface area contributed by atoms with Crippen LogP contribution in [0.2, 0.25) is 0 Å². The highest BCUT2D eigenvalue weighted by Gasteiger charge is 2.19. The van der Waals surface area contributed by atoms with E-state index in [1.54, 1.807) is 6.07 Å². The van der Waals surface area contributed by atoms with Crippen LogP contribution in [0.5, 0.6) is 0 Å². The van der Waals surface area contributed by atoms with Crippen LogP contribution >= 0.6 is 0 Å². The number of carbonyl (C=O) groups excluding carboxylic acids is 1. The lowest BCUT2D eigenvalue weighted by Gasteiger charge is -2.15. The lowest BCUT2D eigenvalue weighted by molar-refractivity contribution is 0.0954. The van der Waals surface area contributed by atoms with Crippen LogP contribution in [0.1, 0.15) is 24.2 Å². The minimum Gasteiger partial charge on any atom is -0.367 e. The Morgan fingerprint density at radius 2 is 2.03 bits per heavy atom. The number of fused-ring (bicyclic) bond motifs is 1. The second kappa shape index (κ2) is 8.71. The third kappa shape index (κ3) is 5.07. The molecular weight excluding hydrogens is 413 g/mol. The molecule has 0 spiro atoms. The van der Waals surface area contributed by atoms with E-state index < -0.39 is 21.7 Å². The molecule has 3 aromatic heterocycles. The third-order valence-electron chi connectivity index (χ3n) is 3.98. The molecule has 0 atom stereocenters. The van der Waals surface area contributed by atoms with E-state index in [0.717, 1.165) is 12.5 Å². The van der Waals surface area contributed by atoms with Crippen molar-refractivity contribution in [2.24, 2.45) is 0 Å². The molecule has 0 radical (unpaired) electrons. The van der Waals surface area contributed by atoms with Gasteiger partial charge in [0.2, 0.25) is 10.0 Å². The highest BCUT2D eigenvalue weighted by molar-refractivity contribution is 7.88. The molecule has 3 heterocycles. The highest BCUT2D eigenvalue weighted by Crippen LogP contribution is 2.25. The zero-order valence-electron chi connectivity index (χ0n) is 16.7. The Hall–Kier alpha value is -3.12. The fourth-order valence-electron chi connectivity index (χ4n) is 2.73. The molecule has 0 aliphatic carbocycles. The third-order valence-corrected chi connectivity index (χ3v) is 4.71. The van der Waals surface area contributed by atoms with Crippen molar-refractivity contribution in [1.82, 2.24) is 29.6 Å². The average molecular weight is 435 g/mol. The van der Waals surface area contributed by atoms with Gasteiger partial charge in [-0.2, -0.15) is 9.61 Å². The first kappa shape index (κ1) is 21.6. The molecule has 0 saturated carbocycles. The molecule has 0 aliphatic heterocycles. The summed E-state index contributed by atoms with van der Waals surface area (Å²) in [4.78, 5) is 20.7. The van der Waals surface area contributed by atoms with Crippen LogP contribution in [0.4, 0.5) is 10.2 Å². The first-order valence-electron chi connectivity index (χ1n) is 9.14. The van der Waals surface area contributed by atoms with Crippen molar-refractivity contribution in [1.29, 1.82) is 0 Å². The predicted octanol–water partition coefficient (Wildman–Crippen LogP) is 1.03. The summed E-state index contributed by atoms with van der Waals surface area (Å²) in [6, 6.07) is 3.09. The number of anilines is 1. The Bertz CT molecular complexity index is 1180. The molecule has 30 heavy (non-hydrogen) atoms. The minimum atomic E-state index is -3.34. The zero-order valence-corrected chi connectivity index (χ0v) is 17.5. The van der Waals surface area contributed by atoms with Crippen LogP contribution < -0.4 is 15.4 Å². The molecule has 160 valence electrons. The van der Waals surface area contributed by atoms with Gasteiger partial charge in [-0.1, -0.05) is 0 Å². The number of pyridine rings is 1. The van der Waals surface area contributed by atoms with Gasteiger partial charge in [0.25, 0.3) is 5.91 Å². The summed E-state index contributed by atoms with van der Waals surface area (Å²) in [6.45, 7) is 3.95. The van der Waals surface area contributed by atoms with Crippen molar-refractivity contribution in [3.63, 3.8) is 0 Å². The number of halogens is 1. The number of amides is 1. The second-order valence-corrected chi connectivity index (χ2v) is 8.73. The molecule has 0 aliphatic rings.